The predicted octanol–water partition coefficient (Wildman–Crippen LogP) is 3.11. The number of carbonyl (C=O) groups excluding carboxylic acids is 1. The van der Waals surface area contributed by atoms with Gasteiger partial charge < -0.3 is 24.5 Å². The van der Waals surface area contributed by atoms with Gasteiger partial charge in [-0.15, -0.1) is 0 Å². The number of amides is 2. The summed E-state index contributed by atoms with van der Waals surface area (Å²) in [6, 6.07) is 8.36. The summed E-state index contributed by atoms with van der Waals surface area (Å²) in [6.07, 6.45) is 1.56. The van der Waals surface area contributed by atoms with Crippen LogP contribution in [0.15, 0.2) is 41.0 Å². The van der Waals surface area contributed by atoms with E-state index in [9.17, 15) is 4.79 Å². The van der Waals surface area contributed by atoms with Crippen LogP contribution in [0.4, 0.5) is 10.5 Å². The van der Waals surface area contributed by atoms with Crippen LogP contribution in [0.3, 0.4) is 0 Å². The van der Waals surface area contributed by atoms with Crippen molar-refractivity contribution in [2.75, 3.05) is 26.1 Å². The fourth-order valence-electron chi connectivity index (χ4n) is 2.03. The van der Waals surface area contributed by atoms with E-state index >= 15 is 0 Å². The highest BCUT2D eigenvalue weighted by Crippen LogP contribution is 2.22. The molecule has 1 aromatic carbocycles. The highest BCUT2D eigenvalue weighted by atomic mass is 16.5. The Hall–Kier alpha value is -2.47. The first-order valence-corrected chi connectivity index (χ1v) is 6.88. The molecule has 2 rings (SSSR count). The summed E-state index contributed by atoms with van der Waals surface area (Å²) in [5.74, 6) is 1.32. The number of benzene rings is 1. The molecular weight excluding hydrogens is 284 g/mol. The zero-order chi connectivity index (χ0) is 15.9. The Balaban J connectivity index is 2.05. The average Bonchev–Trinajstić information content (AvgIpc) is 3.03. The van der Waals surface area contributed by atoms with Gasteiger partial charge in [0.25, 0.3) is 0 Å². The van der Waals surface area contributed by atoms with Crippen LogP contribution in [0.5, 0.6) is 5.75 Å². The summed E-state index contributed by atoms with van der Waals surface area (Å²) in [6.45, 7) is 2.23. The minimum atomic E-state index is -0.356. The lowest BCUT2D eigenvalue weighted by atomic mass is 10.2. The third-order valence-corrected chi connectivity index (χ3v) is 3.22. The molecule has 0 bridgehead atoms. The van der Waals surface area contributed by atoms with E-state index in [-0.39, 0.29) is 12.1 Å². The van der Waals surface area contributed by atoms with Crippen molar-refractivity contribution in [1.82, 2.24) is 5.32 Å². The highest BCUT2D eigenvalue weighted by Gasteiger charge is 2.17. The Labute approximate surface area is 129 Å². The van der Waals surface area contributed by atoms with Crippen LogP contribution in [0.1, 0.15) is 17.4 Å². The number of methoxy groups -OCH3 is 2. The van der Waals surface area contributed by atoms with E-state index in [1.165, 1.54) is 0 Å². The van der Waals surface area contributed by atoms with Crippen molar-refractivity contribution in [3.8, 4) is 5.75 Å². The first-order valence-electron chi connectivity index (χ1n) is 6.88. The van der Waals surface area contributed by atoms with Gasteiger partial charge in [0.2, 0.25) is 0 Å². The fraction of sp³-hybridized carbons (Fsp3) is 0.312. The summed E-state index contributed by atoms with van der Waals surface area (Å²) in [7, 11) is 3.15. The van der Waals surface area contributed by atoms with Crippen molar-refractivity contribution in [3.05, 3.63) is 47.9 Å². The molecule has 1 atom stereocenters. The van der Waals surface area contributed by atoms with Gasteiger partial charge in [-0.1, -0.05) is 6.07 Å². The van der Waals surface area contributed by atoms with E-state index in [2.05, 4.69) is 10.6 Å². The summed E-state index contributed by atoms with van der Waals surface area (Å²) in [4.78, 5) is 12.2. The fourth-order valence-corrected chi connectivity index (χ4v) is 2.03. The summed E-state index contributed by atoms with van der Waals surface area (Å²) in [5.41, 5.74) is 1.63. The summed E-state index contributed by atoms with van der Waals surface area (Å²) < 4.78 is 15.6. The molecule has 2 aromatic rings. The molecule has 22 heavy (non-hydrogen) atoms. The lowest BCUT2D eigenvalue weighted by Crippen LogP contribution is -2.34. The van der Waals surface area contributed by atoms with Gasteiger partial charge in [0.1, 0.15) is 17.6 Å². The number of anilines is 1. The molecule has 0 radical (unpaired) electrons. The van der Waals surface area contributed by atoms with Crippen LogP contribution in [-0.4, -0.2) is 26.9 Å². The van der Waals surface area contributed by atoms with Gasteiger partial charge in [-0.3, -0.25) is 0 Å². The first-order chi connectivity index (χ1) is 10.6. The van der Waals surface area contributed by atoms with E-state index in [1.807, 2.05) is 19.1 Å². The Bertz CT molecular complexity index is 611. The minimum absolute atomic E-state index is 0.317. The number of hydrogen-bond acceptors (Lipinski definition) is 4. The standard InChI is InChI=1S/C16H20N2O4/c1-11-6-7-12(21-3)9-13(11)17-16(19)18-14(10-20-2)15-5-4-8-22-15/h4-9,14H,10H2,1-3H3,(H2,17,18,19)/t14-/m1/s1. The second kappa shape index (κ2) is 7.51. The van der Waals surface area contributed by atoms with Crippen molar-refractivity contribution >= 4 is 11.7 Å². The SMILES string of the molecule is COC[C@@H](NC(=O)Nc1cc(OC)ccc1C)c1ccco1. The number of aryl methyl sites for hydroxylation is 1. The second-order valence-electron chi connectivity index (χ2n) is 4.80. The first kappa shape index (κ1) is 15.9. The third kappa shape index (κ3) is 4.02. The normalized spacial score (nSPS) is 11.8. The molecule has 1 aromatic heterocycles. The Morgan fingerprint density at radius 3 is 2.77 bits per heavy atom. The molecule has 6 heteroatoms. The molecule has 2 N–H and O–H groups in total. The quantitative estimate of drug-likeness (QED) is 0.860. The van der Waals surface area contributed by atoms with E-state index in [0.29, 0.717) is 23.8 Å². The van der Waals surface area contributed by atoms with Crippen molar-refractivity contribution in [3.63, 3.8) is 0 Å². The maximum absolute atomic E-state index is 12.2. The predicted molar refractivity (Wildman–Crippen MR) is 83.2 cm³/mol. The highest BCUT2D eigenvalue weighted by molar-refractivity contribution is 5.90. The number of rotatable bonds is 6. The Kier molecular flexibility index (Phi) is 5.43. The smallest absolute Gasteiger partial charge is 0.319 e. The summed E-state index contributed by atoms with van der Waals surface area (Å²) in [5, 5.41) is 5.63. The molecule has 1 heterocycles. The third-order valence-electron chi connectivity index (χ3n) is 3.22. The van der Waals surface area contributed by atoms with Crippen LogP contribution in [0.2, 0.25) is 0 Å². The summed E-state index contributed by atoms with van der Waals surface area (Å²) >= 11 is 0. The van der Waals surface area contributed by atoms with Crippen molar-refractivity contribution < 1.29 is 18.7 Å². The van der Waals surface area contributed by atoms with Gasteiger partial charge in [0, 0.05) is 18.9 Å². The van der Waals surface area contributed by atoms with Gasteiger partial charge in [0.05, 0.1) is 20.0 Å². The Morgan fingerprint density at radius 2 is 2.14 bits per heavy atom. The molecule has 118 valence electrons. The molecule has 0 aliphatic rings. The second-order valence-corrected chi connectivity index (χ2v) is 4.80. The number of furan rings is 1. The number of ether oxygens (including phenoxy) is 2. The molecular formula is C16H20N2O4. The van der Waals surface area contributed by atoms with Crippen molar-refractivity contribution in [2.24, 2.45) is 0 Å². The molecule has 0 unspecified atom stereocenters. The number of nitrogens with one attached hydrogen (secondary N) is 2. The minimum Gasteiger partial charge on any atom is -0.497 e. The van der Waals surface area contributed by atoms with Crippen LogP contribution < -0.4 is 15.4 Å². The van der Waals surface area contributed by atoms with E-state index < -0.39 is 0 Å². The number of hydrogen-bond donors (Lipinski definition) is 2. The molecule has 0 spiro atoms. The topological polar surface area (TPSA) is 72.7 Å². The van der Waals surface area contributed by atoms with E-state index in [0.717, 1.165) is 5.56 Å². The molecule has 0 aliphatic carbocycles. The zero-order valence-electron chi connectivity index (χ0n) is 12.9. The Morgan fingerprint density at radius 1 is 1.32 bits per heavy atom. The van der Waals surface area contributed by atoms with Crippen molar-refractivity contribution in [1.29, 1.82) is 0 Å². The molecule has 6 nitrogen and oxygen atoms in total. The van der Waals surface area contributed by atoms with Crippen LogP contribution >= 0.6 is 0 Å². The van der Waals surface area contributed by atoms with Gasteiger partial charge in [-0.25, -0.2) is 4.79 Å². The lowest BCUT2D eigenvalue weighted by molar-refractivity contribution is 0.159. The van der Waals surface area contributed by atoms with Gasteiger partial charge in [-0.2, -0.15) is 0 Å². The average molecular weight is 304 g/mol. The largest absolute Gasteiger partial charge is 0.497 e. The molecule has 0 aliphatic heterocycles. The molecule has 0 saturated heterocycles. The van der Waals surface area contributed by atoms with Crippen LogP contribution in [0.25, 0.3) is 0 Å². The van der Waals surface area contributed by atoms with Crippen LogP contribution in [-0.2, 0) is 4.74 Å². The van der Waals surface area contributed by atoms with Crippen LogP contribution in [0, 0.1) is 6.92 Å². The molecule has 0 saturated carbocycles. The van der Waals surface area contributed by atoms with Gasteiger partial charge >= 0.3 is 6.03 Å². The van der Waals surface area contributed by atoms with Crippen molar-refractivity contribution in [2.45, 2.75) is 13.0 Å². The molecule has 2 amide bonds. The molecule has 0 fully saturated rings. The van der Waals surface area contributed by atoms with Gasteiger partial charge in [0.15, 0.2) is 0 Å². The monoisotopic (exact) mass is 304 g/mol. The lowest BCUT2D eigenvalue weighted by Gasteiger charge is -2.17. The van der Waals surface area contributed by atoms with E-state index in [4.69, 9.17) is 13.9 Å². The van der Waals surface area contributed by atoms with Gasteiger partial charge in [-0.05, 0) is 30.7 Å². The number of urea groups is 1. The van der Waals surface area contributed by atoms with E-state index in [1.54, 1.807) is 38.7 Å². The maximum atomic E-state index is 12.2. The number of carbonyl (C=O) groups is 1. The maximum Gasteiger partial charge on any atom is 0.319 e. The zero-order valence-corrected chi connectivity index (χ0v) is 12.9.